The quantitative estimate of drug-likeness (QED) is 0.842. The molecule has 2 atom stereocenters. The minimum Gasteiger partial charge on any atom is -0.338 e. The summed E-state index contributed by atoms with van der Waals surface area (Å²) in [6, 6.07) is 0.482. The minimum absolute atomic E-state index is 0. The number of piperidine rings is 1. The van der Waals surface area contributed by atoms with E-state index in [1.165, 1.54) is 45.2 Å². The Labute approximate surface area is 147 Å². The Bertz CT molecular complexity index is 346. The van der Waals surface area contributed by atoms with E-state index in [2.05, 4.69) is 22.0 Å². The summed E-state index contributed by atoms with van der Waals surface area (Å²) in [5.41, 5.74) is 0. The van der Waals surface area contributed by atoms with Crippen LogP contribution >= 0.6 is 24.8 Å². The molecule has 0 spiro atoms. The highest BCUT2D eigenvalue weighted by Gasteiger charge is 2.36. The van der Waals surface area contributed by atoms with E-state index >= 15 is 0 Å². The van der Waals surface area contributed by atoms with E-state index in [0.29, 0.717) is 17.9 Å². The topological polar surface area (TPSA) is 35.6 Å². The number of likely N-dealkylation sites (tertiary alicyclic amines) is 2. The Morgan fingerprint density at radius 1 is 1.09 bits per heavy atom. The largest absolute Gasteiger partial charge is 0.338 e. The fourth-order valence-electron chi connectivity index (χ4n) is 3.88. The van der Waals surface area contributed by atoms with Gasteiger partial charge in [-0.1, -0.05) is 13.3 Å². The number of hydrogen-bond donors (Lipinski definition) is 1. The summed E-state index contributed by atoms with van der Waals surface area (Å²) in [5.74, 6) is 1.19. The number of carbonyl (C=O) groups excluding carboxylic acids is 1. The highest BCUT2D eigenvalue weighted by Crippen LogP contribution is 2.25. The van der Waals surface area contributed by atoms with Crippen molar-refractivity contribution in [2.75, 3.05) is 39.3 Å². The average Bonchev–Trinajstić information content (AvgIpc) is 2.85. The first-order valence-corrected chi connectivity index (χ1v) is 8.49. The highest BCUT2D eigenvalue weighted by molar-refractivity contribution is 5.85. The third-order valence-corrected chi connectivity index (χ3v) is 5.49. The lowest BCUT2D eigenvalue weighted by Crippen LogP contribution is -2.52. The Kier molecular flexibility index (Phi) is 8.47. The van der Waals surface area contributed by atoms with Gasteiger partial charge in [-0.2, -0.15) is 0 Å². The smallest absolute Gasteiger partial charge is 0.226 e. The van der Waals surface area contributed by atoms with Gasteiger partial charge in [-0.3, -0.25) is 4.79 Å². The maximum absolute atomic E-state index is 12.7. The van der Waals surface area contributed by atoms with Gasteiger partial charge in [0.1, 0.15) is 0 Å². The first-order valence-electron chi connectivity index (χ1n) is 8.49. The summed E-state index contributed by atoms with van der Waals surface area (Å²) in [4.78, 5) is 17.5. The van der Waals surface area contributed by atoms with Gasteiger partial charge in [-0.25, -0.2) is 0 Å². The second-order valence-corrected chi connectivity index (χ2v) is 6.90. The molecule has 0 aromatic rings. The van der Waals surface area contributed by atoms with Gasteiger partial charge in [-0.05, 0) is 57.8 Å². The molecule has 1 amide bonds. The van der Waals surface area contributed by atoms with Gasteiger partial charge in [0.05, 0.1) is 0 Å². The van der Waals surface area contributed by atoms with Crippen LogP contribution in [0.3, 0.4) is 0 Å². The van der Waals surface area contributed by atoms with Gasteiger partial charge in [0.2, 0.25) is 5.91 Å². The second-order valence-electron chi connectivity index (χ2n) is 6.90. The summed E-state index contributed by atoms with van der Waals surface area (Å²) in [7, 11) is 0. The SMILES string of the molecule is CC(C(=O)N1CCCC1CN1CCCCC1)C1CNC1.Cl.Cl. The Hall–Kier alpha value is -0.0300. The van der Waals surface area contributed by atoms with Gasteiger partial charge >= 0.3 is 0 Å². The maximum atomic E-state index is 12.7. The molecule has 3 aliphatic rings. The van der Waals surface area contributed by atoms with Crippen LogP contribution in [-0.4, -0.2) is 61.0 Å². The predicted octanol–water partition coefficient (Wildman–Crippen LogP) is 2.16. The van der Waals surface area contributed by atoms with Crippen molar-refractivity contribution < 1.29 is 4.79 Å². The van der Waals surface area contributed by atoms with Crippen molar-refractivity contribution in [1.82, 2.24) is 15.1 Å². The maximum Gasteiger partial charge on any atom is 0.226 e. The molecule has 4 nitrogen and oxygen atoms in total. The molecule has 130 valence electrons. The molecular formula is C16H31Cl2N3O. The van der Waals surface area contributed by atoms with E-state index in [1.807, 2.05) is 0 Å². The molecule has 0 bridgehead atoms. The second kappa shape index (κ2) is 9.31. The van der Waals surface area contributed by atoms with Gasteiger partial charge in [0.25, 0.3) is 0 Å². The van der Waals surface area contributed by atoms with Crippen LogP contribution in [0.4, 0.5) is 0 Å². The van der Waals surface area contributed by atoms with Crippen molar-refractivity contribution in [3.8, 4) is 0 Å². The molecular weight excluding hydrogens is 321 g/mol. The Morgan fingerprint density at radius 2 is 1.77 bits per heavy atom. The lowest BCUT2D eigenvalue weighted by Gasteiger charge is -2.37. The lowest BCUT2D eigenvalue weighted by atomic mass is 9.88. The molecule has 3 heterocycles. The summed E-state index contributed by atoms with van der Waals surface area (Å²) >= 11 is 0. The first kappa shape index (κ1) is 20.0. The number of hydrogen-bond acceptors (Lipinski definition) is 3. The summed E-state index contributed by atoms with van der Waals surface area (Å²) in [6.45, 7) is 8.75. The van der Waals surface area contributed by atoms with E-state index in [0.717, 1.165) is 26.2 Å². The van der Waals surface area contributed by atoms with Crippen LogP contribution in [0, 0.1) is 11.8 Å². The molecule has 1 N–H and O–H groups in total. The van der Waals surface area contributed by atoms with Crippen LogP contribution in [-0.2, 0) is 4.79 Å². The fraction of sp³-hybridized carbons (Fsp3) is 0.938. The van der Waals surface area contributed by atoms with Crippen molar-refractivity contribution in [1.29, 1.82) is 0 Å². The molecule has 3 saturated heterocycles. The summed E-state index contributed by atoms with van der Waals surface area (Å²) < 4.78 is 0. The molecule has 0 aromatic heterocycles. The van der Waals surface area contributed by atoms with Gasteiger partial charge in [0.15, 0.2) is 0 Å². The third-order valence-electron chi connectivity index (χ3n) is 5.49. The van der Waals surface area contributed by atoms with Crippen LogP contribution in [0.15, 0.2) is 0 Å². The summed E-state index contributed by atoms with van der Waals surface area (Å²) in [6.07, 6.45) is 6.46. The molecule has 0 aromatic carbocycles. The number of rotatable bonds is 4. The zero-order valence-corrected chi connectivity index (χ0v) is 15.3. The van der Waals surface area contributed by atoms with Crippen LogP contribution in [0.5, 0.6) is 0 Å². The molecule has 2 unspecified atom stereocenters. The normalized spacial score (nSPS) is 27.5. The minimum atomic E-state index is 0. The van der Waals surface area contributed by atoms with Crippen LogP contribution in [0.1, 0.15) is 39.0 Å². The van der Waals surface area contributed by atoms with Crippen LogP contribution in [0.25, 0.3) is 0 Å². The van der Waals surface area contributed by atoms with E-state index < -0.39 is 0 Å². The Morgan fingerprint density at radius 3 is 2.36 bits per heavy atom. The summed E-state index contributed by atoms with van der Waals surface area (Å²) in [5, 5.41) is 3.29. The van der Waals surface area contributed by atoms with Gasteiger partial charge in [0, 0.05) is 25.0 Å². The monoisotopic (exact) mass is 351 g/mol. The van der Waals surface area contributed by atoms with Crippen LogP contribution < -0.4 is 5.32 Å². The fourth-order valence-corrected chi connectivity index (χ4v) is 3.88. The molecule has 22 heavy (non-hydrogen) atoms. The molecule has 6 heteroatoms. The number of amides is 1. The zero-order chi connectivity index (χ0) is 13.9. The van der Waals surface area contributed by atoms with Gasteiger partial charge < -0.3 is 15.1 Å². The molecule has 0 aliphatic carbocycles. The third kappa shape index (κ3) is 4.50. The van der Waals surface area contributed by atoms with Crippen LogP contribution in [0.2, 0.25) is 0 Å². The number of carbonyl (C=O) groups is 1. The van der Waals surface area contributed by atoms with Crippen molar-refractivity contribution in [3.63, 3.8) is 0 Å². The highest BCUT2D eigenvalue weighted by atomic mass is 35.5. The molecule has 0 radical (unpaired) electrons. The van der Waals surface area contributed by atoms with Crippen molar-refractivity contribution in [2.24, 2.45) is 11.8 Å². The number of halogens is 2. The van der Waals surface area contributed by atoms with E-state index in [4.69, 9.17) is 0 Å². The van der Waals surface area contributed by atoms with E-state index in [9.17, 15) is 4.79 Å². The first-order chi connectivity index (χ1) is 9.75. The van der Waals surface area contributed by atoms with E-state index in [1.54, 1.807) is 0 Å². The number of nitrogens with one attached hydrogen (secondary N) is 1. The Balaban J connectivity index is 0.00000121. The van der Waals surface area contributed by atoms with Gasteiger partial charge in [-0.15, -0.1) is 24.8 Å². The molecule has 3 fully saturated rings. The molecule has 3 rings (SSSR count). The van der Waals surface area contributed by atoms with E-state index in [-0.39, 0.29) is 30.7 Å². The van der Waals surface area contributed by atoms with Crippen molar-refractivity contribution >= 4 is 30.7 Å². The average molecular weight is 352 g/mol. The molecule has 0 saturated carbocycles. The number of nitrogens with zero attached hydrogens (tertiary/aromatic N) is 2. The lowest BCUT2D eigenvalue weighted by molar-refractivity contribution is -0.138. The van der Waals surface area contributed by atoms with Crippen molar-refractivity contribution in [2.45, 2.75) is 45.1 Å². The predicted molar refractivity (Wildman–Crippen MR) is 95.0 cm³/mol. The van der Waals surface area contributed by atoms with Crippen molar-refractivity contribution in [3.05, 3.63) is 0 Å². The standard InChI is InChI=1S/C16H29N3O.2ClH/c1-13(14-10-17-11-14)16(20)19-9-5-6-15(19)12-18-7-3-2-4-8-18;;/h13-15,17H,2-12H2,1H3;2*1H. The molecule has 3 aliphatic heterocycles. The zero-order valence-electron chi connectivity index (χ0n) is 13.6.